The number of terminal acetylenes is 1. The van der Waals surface area contributed by atoms with Crippen molar-refractivity contribution < 1.29 is 24.4 Å². The first-order chi connectivity index (χ1) is 9.93. The van der Waals surface area contributed by atoms with E-state index < -0.39 is 29.4 Å². The molecule has 8 heteroatoms. The second-order valence-electron chi connectivity index (χ2n) is 3.91. The summed E-state index contributed by atoms with van der Waals surface area (Å²) in [5.41, 5.74) is -0.177. The quantitative estimate of drug-likeness (QED) is 0.430. The molecule has 0 aliphatic carbocycles. The lowest BCUT2D eigenvalue weighted by Gasteiger charge is -2.12. The fourth-order valence-corrected chi connectivity index (χ4v) is 1.39. The molecule has 0 saturated carbocycles. The monoisotopic (exact) mass is 292 g/mol. The van der Waals surface area contributed by atoms with E-state index >= 15 is 0 Å². The Morgan fingerprint density at radius 1 is 1.52 bits per heavy atom. The standard InChI is InChI=1S/C13H12N2O6/c1-2-4-11(13(17)18)14-12(16)8-21-10-6-3-5-9(7-10)15(19)20/h1,3,5-7,11H,4,8H2,(H,14,16)(H,17,18). The first kappa shape index (κ1) is 16.0. The van der Waals surface area contributed by atoms with E-state index in [0.29, 0.717) is 0 Å². The second-order valence-corrected chi connectivity index (χ2v) is 3.91. The fraction of sp³-hybridized carbons (Fsp3) is 0.231. The van der Waals surface area contributed by atoms with E-state index in [0.717, 1.165) is 6.07 Å². The van der Waals surface area contributed by atoms with Gasteiger partial charge in [0.25, 0.3) is 11.6 Å². The molecule has 1 aromatic rings. The SMILES string of the molecule is C#CCC(NC(=O)COc1cccc([N+](=O)[O-])c1)C(=O)O. The van der Waals surface area contributed by atoms with E-state index in [4.69, 9.17) is 16.3 Å². The van der Waals surface area contributed by atoms with E-state index in [1.54, 1.807) is 0 Å². The van der Waals surface area contributed by atoms with Gasteiger partial charge in [0.05, 0.1) is 11.0 Å². The van der Waals surface area contributed by atoms with Gasteiger partial charge in [-0.15, -0.1) is 12.3 Å². The average molecular weight is 292 g/mol. The highest BCUT2D eigenvalue weighted by Crippen LogP contribution is 2.18. The molecule has 0 radical (unpaired) electrons. The van der Waals surface area contributed by atoms with Crippen molar-refractivity contribution in [1.29, 1.82) is 0 Å². The lowest BCUT2D eigenvalue weighted by Crippen LogP contribution is -2.42. The normalized spacial score (nSPS) is 11.0. The highest BCUT2D eigenvalue weighted by Gasteiger charge is 2.19. The predicted octanol–water partition coefficient (Wildman–Crippen LogP) is 0.566. The maximum absolute atomic E-state index is 11.5. The molecule has 1 atom stereocenters. The molecule has 0 spiro atoms. The molecular formula is C13H12N2O6. The number of hydrogen-bond acceptors (Lipinski definition) is 5. The number of nitro groups is 1. The van der Waals surface area contributed by atoms with Crippen LogP contribution in [0.3, 0.4) is 0 Å². The molecule has 21 heavy (non-hydrogen) atoms. The van der Waals surface area contributed by atoms with Crippen LogP contribution >= 0.6 is 0 Å². The number of carbonyl (C=O) groups excluding carboxylic acids is 1. The Labute approximate surface area is 119 Å². The van der Waals surface area contributed by atoms with Gasteiger partial charge < -0.3 is 15.2 Å². The summed E-state index contributed by atoms with van der Waals surface area (Å²) in [6, 6.07) is 4.08. The summed E-state index contributed by atoms with van der Waals surface area (Å²) in [4.78, 5) is 32.3. The van der Waals surface area contributed by atoms with E-state index in [1.165, 1.54) is 18.2 Å². The Kier molecular flexibility index (Phi) is 5.70. The smallest absolute Gasteiger partial charge is 0.327 e. The zero-order chi connectivity index (χ0) is 15.8. The summed E-state index contributed by atoms with van der Waals surface area (Å²) in [5, 5.41) is 21.6. The van der Waals surface area contributed by atoms with Crippen molar-refractivity contribution in [3.8, 4) is 18.1 Å². The van der Waals surface area contributed by atoms with Crippen molar-refractivity contribution >= 4 is 17.6 Å². The molecular weight excluding hydrogens is 280 g/mol. The van der Waals surface area contributed by atoms with Crippen molar-refractivity contribution in [3.05, 3.63) is 34.4 Å². The Hall–Kier alpha value is -3.08. The molecule has 1 rings (SSSR count). The van der Waals surface area contributed by atoms with Crippen molar-refractivity contribution in [2.45, 2.75) is 12.5 Å². The molecule has 0 bridgehead atoms. The summed E-state index contributed by atoms with van der Waals surface area (Å²) < 4.78 is 5.06. The lowest BCUT2D eigenvalue weighted by molar-refractivity contribution is -0.384. The first-order valence-corrected chi connectivity index (χ1v) is 5.77. The Morgan fingerprint density at radius 2 is 2.24 bits per heavy atom. The third-order valence-corrected chi connectivity index (χ3v) is 2.35. The van der Waals surface area contributed by atoms with Crippen LogP contribution in [0.1, 0.15) is 6.42 Å². The molecule has 2 N–H and O–H groups in total. The molecule has 0 aliphatic rings. The number of nitrogens with one attached hydrogen (secondary N) is 1. The maximum atomic E-state index is 11.5. The fourth-order valence-electron chi connectivity index (χ4n) is 1.39. The number of nitro benzene ring substituents is 1. The summed E-state index contributed by atoms with van der Waals surface area (Å²) in [6.45, 7) is -0.477. The predicted molar refractivity (Wildman–Crippen MR) is 71.6 cm³/mol. The summed E-state index contributed by atoms with van der Waals surface area (Å²) in [6.07, 6.45) is 4.84. The van der Waals surface area contributed by atoms with E-state index in [2.05, 4.69) is 11.2 Å². The number of carbonyl (C=O) groups is 2. The second kappa shape index (κ2) is 7.49. The number of carboxylic acids is 1. The largest absolute Gasteiger partial charge is 0.484 e. The number of non-ortho nitro benzene ring substituents is 1. The number of aliphatic carboxylic acids is 1. The minimum atomic E-state index is -1.25. The van der Waals surface area contributed by atoms with Crippen LogP contribution < -0.4 is 10.1 Å². The van der Waals surface area contributed by atoms with Crippen molar-refractivity contribution in [2.75, 3.05) is 6.61 Å². The number of amides is 1. The molecule has 1 aromatic carbocycles. The maximum Gasteiger partial charge on any atom is 0.327 e. The number of benzene rings is 1. The molecule has 8 nitrogen and oxygen atoms in total. The topological polar surface area (TPSA) is 119 Å². The van der Waals surface area contributed by atoms with Crippen molar-refractivity contribution in [1.82, 2.24) is 5.32 Å². The van der Waals surface area contributed by atoms with Gasteiger partial charge in [-0.1, -0.05) is 6.07 Å². The third kappa shape index (κ3) is 5.20. The molecule has 0 heterocycles. The van der Waals surface area contributed by atoms with Crippen molar-refractivity contribution in [3.63, 3.8) is 0 Å². The average Bonchev–Trinajstić information content (AvgIpc) is 2.45. The summed E-state index contributed by atoms with van der Waals surface area (Å²) in [5.74, 6) is 0.321. The van der Waals surface area contributed by atoms with Gasteiger partial charge in [-0.3, -0.25) is 14.9 Å². The van der Waals surface area contributed by atoms with Gasteiger partial charge in [0.2, 0.25) is 0 Å². The Balaban J connectivity index is 2.57. The van der Waals surface area contributed by atoms with Gasteiger partial charge in [-0.2, -0.15) is 0 Å². The summed E-state index contributed by atoms with van der Waals surface area (Å²) in [7, 11) is 0. The minimum Gasteiger partial charge on any atom is -0.484 e. The van der Waals surface area contributed by atoms with E-state index in [-0.39, 0.29) is 17.9 Å². The minimum absolute atomic E-state index is 0.128. The third-order valence-electron chi connectivity index (χ3n) is 2.35. The van der Waals surface area contributed by atoms with Gasteiger partial charge >= 0.3 is 5.97 Å². The van der Waals surface area contributed by atoms with Gasteiger partial charge in [-0.05, 0) is 6.07 Å². The van der Waals surface area contributed by atoms with Crippen LogP contribution in [-0.4, -0.2) is 34.6 Å². The van der Waals surface area contributed by atoms with Gasteiger partial charge in [-0.25, -0.2) is 4.79 Å². The molecule has 0 aliphatic heterocycles. The van der Waals surface area contributed by atoms with Gasteiger partial charge in [0.15, 0.2) is 6.61 Å². The lowest BCUT2D eigenvalue weighted by atomic mass is 10.2. The van der Waals surface area contributed by atoms with Crippen LogP contribution in [0.25, 0.3) is 0 Å². The molecule has 110 valence electrons. The van der Waals surface area contributed by atoms with E-state index in [1.807, 2.05) is 0 Å². The molecule has 1 amide bonds. The van der Waals surface area contributed by atoms with Gasteiger partial charge in [0.1, 0.15) is 11.8 Å². The first-order valence-electron chi connectivity index (χ1n) is 5.77. The molecule has 0 fully saturated rings. The van der Waals surface area contributed by atoms with Crippen LogP contribution in [0.5, 0.6) is 5.75 Å². The van der Waals surface area contributed by atoms with Gasteiger partial charge in [0, 0.05) is 12.5 Å². The van der Waals surface area contributed by atoms with E-state index in [9.17, 15) is 19.7 Å². The highest BCUT2D eigenvalue weighted by molar-refractivity contribution is 5.84. The number of hydrogen-bond donors (Lipinski definition) is 2. The number of rotatable bonds is 7. The van der Waals surface area contributed by atoms with Crippen LogP contribution in [0.2, 0.25) is 0 Å². The highest BCUT2D eigenvalue weighted by atomic mass is 16.6. The summed E-state index contributed by atoms with van der Waals surface area (Å²) >= 11 is 0. The molecule has 0 saturated heterocycles. The Morgan fingerprint density at radius 3 is 2.81 bits per heavy atom. The number of carboxylic acid groups (broad SMARTS) is 1. The Bertz CT molecular complexity index is 593. The zero-order valence-electron chi connectivity index (χ0n) is 10.8. The van der Waals surface area contributed by atoms with Crippen LogP contribution in [0.4, 0.5) is 5.69 Å². The number of ether oxygens (including phenoxy) is 1. The molecule has 1 unspecified atom stereocenters. The van der Waals surface area contributed by atoms with Crippen LogP contribution in [-0.2, 0) is 9.59 Å². The number of nitrogens with zero attached hydrogens (tertiary/aromatic N) is 1. The van der Waals surface area contributed by atoms with Crippen LogP contribution in [0.15, 0.2) is 24.3 Å². The van der Waals surface area contributed by atoms with Crippen LogP contribution in [0, 0.1) is 22.5 Å². The molecule has 0 aromatic heterocycles. The zero-order valence-corrected chi connectivity index (χ0v) is 10.8. The van der Waals surface area contributed by atoms with Crippen molar-refractivity contribution in [2.24, 2.45) is 0 Å².